The fourth-order valence-corrected chi connectivity index (χ4v) is 4.71. The summed E-state index contributed by atoms with van der Waals surface area (Å²) in [5, 5.41) is 9.52. The normalized spacial score (nSPS) is 19.7. The van der Waals surface area contributed by atoms with Crippen LogP contribution in [0.5, 0.6) is 0 Å². The average molecular weight is 468 g/mol. The van der Waals surface area contributed by atoms with E-state index < -0.39 is 0 Å². The van der Waals surface area contributed by atoms with Gasteiger partial charge in [0.1, 0.15) is 12.1 Å². The Hall–Kier alpha value is -2.62. The molecule has 0 bridgehead atoms. The molecule has 9 heteroatoms. The van der Waals surface area contributed by atoms with Gasteiger partial charge < -0.3 is 18.6 Å². The van der Waals surface area contributed by atoms with Crippen molar-refractivity contribution in [3.05, 3.63) is 60.1 Å². The lowest BCUT2D eigenvalue weighted by atomic mass is 10.2. The number of hydrogen-bond donors (Lipinski definition) is 0. The number of rotatable bonds is 9. The first-order valence-corrected chi connectivity index (χ1v) is 12.2. The molecule has 0 unspecified atom stereocenters. The van der Waals surface area contributed by atoms with Gasteiger partial charge in [-0.25, -0.2) is 0 Å². The standard InChI is InChI=1S/C24H29N5O3S/c1-27-17-25-26-24(27)33-23-10-9-20(32-23)12-28-13-21(31-16-19-7-8-19)14-29(22(30)15-28)11-18-5-3-2-4-6-18/h2-6,9-10,17,19,21H,7-8,11-16H2,1H3/t21-/m1/s1. The third kappa shape index (κ3) is 6.04. The van der Waals surface area contributed by atoms with Gasteiger partial charge in [0.25, 0.3) is 0 Å². The molecular formula is C24H29N5O3S. The lowest BCUT2D eigenvalue weighted by Crippen LogP contribution is -2.37. The Labute approximate surface area is 197 Å². The number of carbonyl (C=O) groups is 1. The molecule has 5 rings (SSSR count). The molecule has 1 aliphatic heterocycles. The molecule has 2 fully saturated rings. The fourth-order valence-electron chi connectivity index (χ4n) is 3.96. The molecule has 3 aromatic rings. The van der Waals surface area contributed by atoms with Crippen molar-refractivity contribution < 1.29 is 13.9 Å². The van der Waals surface area contributed by atoms with E-state index in [0.717, 1.165) is 28.2 Å². The van der Waals surface area contributed by atoms with Crippen molar-refractivity contribution in [2.75, 3.05) is 26.2 Å². The minimum atomic E-state index is -0.0109. The summed E-state index contributed by atoms with van der Waals surface area (Å²) >= 11 is 1.43. The van der Waals surface area contributed by atoms with E-state index in [-0.39, 0.29) is 12.0 Å². The molecule has 1 aromatic carbocycles. The lowest BCUT2D eigenvalue weighted by Gasteiger charge is -2.25. The molecule has 0 spiro atoms. The molecule has 1 saturated heterocycles. The fraction of sp³-hybridized carbons (Fsp3) is 0.458. The topological polar surface area (TPSA) is 76.6 Å². The number of benzene rings is 1. The van der Waals surface area contributed by atoms with Gasteiger partial charge in [-0.3, -0.25) is 9.69 Å². The minimum Gasteiger partial charge on any atom is -0.453 e. The molecule has 2 aliphatic rings. The van der Waals surface area contributed by atoms with E-state index in [9.17, 15) is 4.79 Å². The van der Waals surface area contributed by atoms with Crippen molar-refractivity contribution in [1.82, 2.24) is 24.6 Å². The second-order valence-electron chi connectivity index (χ2n) is 8.88. The highest BCUT2D eigenvalue weighted by Crippen LogP contribution is 2.30. The van der Waals surface area contributed by atoms with Gasteiger partial charge in [-0.05, 0) is 48.2 Å². The zero-order chi connectivity index (χ0) is 22.6. The van der Waals surface area contributed by atoms with Gasteiger partial charge in [-0.2, -0.15) is 0 Å². The predicted octanol–water partition coefficient (Wildman–Crippen LogP) is 3.20. The first-order chi connectivity index (χ1) is 16.1. The maximum Gasteiger partial charge on any atom is 0.237 e. The SMILES string of the molecule is Cn1cnnc1Sc1ccc(CN2CC(=O)N(Cc3ccccc3)C[C@H](OCC3CC3)C2)o1. The van der Waals surface area contributed by atoms with Crippen LogP contribution < -0.4 is 0 Å². The third-order valence-electron chi connectivity index (χ3n) is 5.96. The largest absolute Gasteiger partial charge is 0.453 e. The van der Waals surface area contributed by atoms with Crippen LogP contribution in [-0.4, -0.2) is 62.8 Å². The Balaban J connectivity index is 1.25. The highest BCUT2D eigenvalue weighted by atomic mass is 32.2. The van der Waals surface area contributed by atoms with E-state index in [1.165, 1.54) is 24.6 Å². The molecule has 1 atom stereocenters. The molecule has 0 N–H and O–H groups in total. The molecule has 8 nitrogen and oxygen atoms in total. The number of furan rings is 1. The van der Waals surface area contributed by atoms with Gasteiger partial charge in [0.2, 0.25) is 5.91 Å². The second kappa shape index (κ2) is 10.1. The highest BCUT2D eigenvalue weighted by molar-refractivity contribution is 7.99. The monoisotopic (exact) mass is 467 g/mol. The summed E-state index contributed by atoms with van der Waals surface area (Å²) in [7, 11) is 1.90. The number of carbonyl (C=O) groups excluding carboxylic acids is 1. The van der Waals surface area contributed by atoms with Gasteiger partial charge >= 0.3 is 0 Å². The Morgan fingerprint density at radius 1 is 1.12 bits per heavy atom. The van der Waals surface area contributed by atoms with Crippen molar-refractivity contribution in [2.45, 2.75) is 42.3 Å². The van der Waals surface area contributed by atoms with Gasteiger partial charge in [-0.1, -0.05) is 30.3 Å². The Bertz CT molecular complexity index is 1070. The third-order valence-corrected chi connectivity index (χ3v) is 6.93. The number of aromatic nitrogens is 3. The van der Waals surface area contributed by atoms with Crippen LogP contribution in [0, 0.1) is 5.92 Å². The van der Waals surface area contributed by atoms with Crippen LogP contribution in [0.2, 0.25) is 0 Å². The van der Waals surface area contributed by atoms with Crippen molar-refractivity contribution in [3.63, 3.8) is 0 Å². The first-order valence-electron chi connectivity index (χ1n) is 11.4. The van der Waals surface area contributed by atoms with E-state index in [1.54, 1.807) is 6.33 Å². The van der Waals surface area contributed by atoms with Gasteiger partial charge in [0.05, 0.1) is 19.2 Å². The minimum absolute atomic E-state index is 0.0109. The molecular weight excluding hydrogens is 438 g/mol. The van der Waals surface area contributed by atoms with Crippen LogP contribution in [-0.2, 0) is 29.7 Å². The van der Waals surface area contributed by atoms with E-state index in [0.29, 0.717) is 38.6 Å². The molecule has 2 aromatic heterocycles. The quantitative estimate of drug-likeness (QED) is 0.478. The summed E-state index contributed by atoms with van der Waals surface area (Å²) in [6.07, 6.45) is 4.16. The van der Waals surface area contributed by atoms with E-state index in [4.69, 9.17) is 9.15 Å². The van der Waals surface area contributed by atoms with Gasteiger partial charge in [0.15, 0.2) is 10.2 Å². The van der Waals surface area contributed by atoms with Crippen LogP contribution in [0.1, 0.15) is 24.2 Å². The van der Waals surface area contributed by atoms with E-state index in [1.807, 2.05) is 46.8 Å². The summed E-state index contributed by atoms with van der Waals surface area (Å²) < 4.78 is 14.2. The Kier molecular flexibility index (Phi) is 6.80. The maximum absolute atomic E-state index is 13.1. The van der Waals surface area contributed by atoms with Crippen LogP contribution in [0.25, 0.3) is 0 Å². The van der Waals surface area contributed by atoms with Crippen LogP contribution >= 0.6 is 11.8 Å². The zero-order valence-electron chi connectivity index (χ0n) is 18.8. The Morgan fingerprint density at radius 3 is 2.73 bits per heavy atom. The van der Waals surface area contributed by atoms with Crippen molar-refractivity contribution in [2.24, 2.45) is 13.0 Å². The number of nitrogens with zero attached hydrogens (tertiary/aromatic N) is 5. The Morgan fingerprint density at radius 2 is 1.97 bits per heavy atom. The smallest absolute Gasteiger partial charge is 0.237 e. The van der Waals surface area contributed by atoms with Gasteiger partial charge in [-0.15, -0.1) is 10.2 Å². The van der Waals surface area contributed by atoms with Crippen molar-refractivity contribution in [3.8, 4) is 0 Å². The van der Waals surface area contributed by atoms with E-state index >= 15 is 0 Å². The average Bonchev–Trinajstić information content (AvgIpc) is 3.44. The van der Waals surface area contributed by atoms with Gasteiger partial charge in [0, 0.05) is 33.3 Å². The zero-order valence-corrected chi connectivity index (χ0v) is 19.6. The molecule has 1 aliphatic carbocycles. The highest BCUT2D eigenvalue weighted by Gasteiger charge is 2.31. The van der Waals surface area contributed by atoms with Crippen LogP contribution in [0.3, 0.4) is 0 Å². The van der Waals surface area contributed by atoms with Crippen molar-refractivity contribution >= 4 is 17.7 Å². The second-order valence-corrected chi connectivity index (χ2v) is 9.85. The lowest BCUT2D eigenvalue weighted by molar-refractivity contribution is -0.132. The number of ether oxygens (including phenoxy) is 1. The molecule has 0 radical (unpaired) electrons. The molecule has 1 saturated carbocycles. The summed E-state index contributed by atoms with van der Waals surface area (Å²) in [4.78, 5) is 17.2. The number of amides is 1. The number of aryl methyl sites for hydroxylation is 1. The summed E-state index contributed by atoms with van der Waals surface area (Å²) in [5.74, 6) is 1.63. The number of hydrogen-bond acceptors (Lipinski definition) is 7. The summed E-state index contributed by atoms with van der Waals surface area (Å²) in [6.45, 7) is 3.62. The first kappa shape index (κ1) is 22.2. The maximum atomic E-state index is 13.1. The predicted molar refractivity (Wildman–Crippen MR) is 123 cm³/mol. The molecule has 33 heavy (non-hydrogen) atoms. The molecule has 3 heterocycles. The summed E-state index contributed by atoms with van der Waals surface area (Å²) in [6, 6.07) is 14.1. The van der Waals surface area contributed by atoms with Crippen LogP contribution in [0.15, 0.2) is 63.5 Å². The van der Waals surface area contributed by atoms with E-state index in [2.05, 4.69) is 27.2 Å². The molecule has 1 amide bonds. The van der Waals surface area contributed by atoms with Crippen LogP contribution in [0.4, 0.5) is 0 Å². The summed E-state index contributed by atoms with van der Waals surface area (Å²) in [5.41, 5.74) is 1.14. The van der Waals surface area contributed by atoms with Crippen molar-refractivity contribution in [1.29, 1.82) is 0 Å². The molecule has 174 valence electrons.